The number of carbonyl (C=O) groups is 3. The van der Waals surface area contributed by atoms with Crippen molar-refractivity contribution in [2.45, 2.75) is 51.0 Å². The SMILES string of the molecule is O=C1CCN(c2cnn3cc(CCCN4CCN(c5ncc(-c6ccc7cn([C@H]8CC[C@H](CNC(=O)c9cc(F)c(O)c(F)c9F)CC8)nc7c6)cn5)CC4)ccc23)C(=O)N1. The normalized spacial score (nSPS) is 18.9. The third-order valence-corrected chi connectivity index (χ3v) is 12.1. The maximum atomic E-state index is 14.1. The van der Waals surface area contributed by atoms with Crippen molar-refractivity contribution in [2.24, 2.45) is 5.92 Å². The Balaban J connectivity index is 0.727. The Bertz CT molecular complexity index is 2620. The highest BCUT2D eigenvalue weighted by Crippen LogP contribution is 2.34. The summed E-state index contributed by atoms with van der Waals surface area (Å²) < 4.78 is 45.4. The minimum atomic E-state index is -1.78. The number of phenolic OH excluding ortho intramolecular Hbond substituents is 1. The van der Waals surface area contributed by atoms with Gasteiger partial charge >= 0.3 is 6.03 Å². The van der Waals surface area contributed by atoms with Crippen LogP contribution in [0.2, 0.25) is 0 Å². The summed E-state index contributed by atoms with van der Waals surface area (Å²) in [5.74, 6) is -6.58. The van der Waals surface area contributed by atoms with Gasteiger partial charge in [-0.2, -0.15) is 14.6 Å². The molecule has 6 heterocycles. The monoisotopic (exact) mass is 835 g/mol. The maximum absolute atomic E-state index is 14.1. The van der Waals surface area contributed by atoms with Crippen LogP contribution in [0.5, 0.6) is 5.75 Å². The Hall–Kier alpha value is -6.56. The van der Waals surface area contributed by atoms with Crippen LogP contribution >= 0.6 is 0 Å². The molecular weight excluding hydrogens is 792 g/mol. The molecule has 4 aromatic heterocycles. The molecule has 18 heteroatoms. The van der Waals surface area contributed by atoms with Gasteiger partial charge in [0.1, 0.15) is 0 Å². The number of hydrogen-bond donors (Lipinski definition) is 3. The van der Waals surface area contributed by atoms with Crippen molar-refractivity contribution in [2.75, 3.05) is 55.6 Å². The number of nitrogens with zero attached hydrogens (tertiary/aromatic N) is 9. The van der Waals surface area contributed by atoms with Gasteiger partial charge in [-0.15, -0.1) is 0 Å². The summed E-state index contributed by atoms with van der Waals surface area (Å²) in [4.78, 5) is 52.0. The predicted molar refractivity (Wildman–Crippen MR) is 220 cm³/mol. The average molecular weight is 836 g/mol. The van der Waals surface area contributed by atoms with Crippen molar-refractivity contribution in [3.05, 3.63) is 96.0 Å². The molecule has 9 rings (SSSR count). The number of pyridine rings is 1. The molecule has 3 fully saturated rings. The summed E-state index contributed by atoms with van der Waals surface area (Å²) in [5, 5.41) is 24.6. The van der Waals surface area contributed by atoms with Crippen molar-refractivity contribution in [1.82, 2.24) is 44.9 Å². The molecule has 6 aromatic rings. The van der Waals surface area contributed by atoms with E-state index in [1.165, 1.54) is 0 Å². The predicted octanol–water partition coefficient (Wildman–Crippen LogP) is 5.63. The molecule has 3 aliphatic rings. The fraction of sp³-hybridized carbons (Fsp3) is 0.372. The fourth-order valence-corrected chi connectivity index (χ4v) is 8.57. The highest BCUT2D eigenvalue weighted by molar-refractivity contribution is 6.07. The summed E-state index contributed by atoms with van der Waals surface area (Å²) in [6.45, 7) is 5.04. The van der Waals surface area contributed by atoms with E-state index in [1.54, 1.807) is 15.6 Å². The number of imide groups is 1. The van der Waals surface area contributed by atoms with E-state index < -0.39 is 40.7 Å². The number of phenols is 1. The molecule has 4 amide bonds. The fourth-order valence-electron chi connectivity index (χ4n) is 8.57. The van der Waals surface area contributed by atoms with Crippen molar-refractivity contribution < 1.29 is 32.7 Å². The number of fused-ring (bicyclic) bond motifs is 2. The van der Waals surface area contributed by atoms with Crippen LogP contribution < -0.4 is 20.4 Å². The smallest absolute Gasteiger partial charge is 0.328 e. The van der Waals surface area contributed by atoms with E-state index in [2.05, 4.69) is 31.6 Å². The minimum absolute atomic E-state index is 0.116. The van der Waals surface area contributed by atoms with Gasteiger partial charge < -0.3 is 15.3 Å². The lowest BCUT2D eigenvalue weighted by Gasteiger charge is -2.34. The van der Waals surface area contributed by atoms with Crippen molar-refractivity contribution in [3.63, 3.8) is 0 Å². The zero-order chi connectivity index (χ0) is 42.2. The average Bonchev–Trinajstić information content (AvgIpc) is 3.91. The highest BCUT2D eigenvalue weighted by Gasteiger charge is 2.28. The summed E-state index contributed by atoms with van der Waals surface area (Å²) in [7, 11) is 0. The van der Waals surface area contributed by atoms with E-state index in [1.807, 2.05) is 53.7 Å². The molecule has 1 saturated carbocycles. The quantitative estimate of drug-likeness (QED) is 0.139. The van der Waals surface area contributed by atoms with E-state index in [4.69, 9.17) is 15.1 Å². The number of carbonyl (C=O) groups excluding carboxylic acids is 3. The van der Waals surface area contributed by atoms with Crippen molar-refractivity contribution in [3.8, 4) is 16.9 Å². The van der Waals surface area contributed by atoms with Crippen molar-refractivity contribution >= 4 is 45.9 Å². The molecule has 1 aliphatic carbocycles. The van der Waals surface area contributed by atoms with Crippen molar-refractivity contribution in [1.29, 1.82) is 0 Å². The number of halogens is 3. The number of rotatable bonds is 11. The van der Waals surface area contributed by atoms with E-state index in [0.29, 0.717) is 24.2 Å². The zero-order valence-electron chi connectivity index (χ0n) is 33.2. The molecule has 0 atom stereocenters. The molecule has 15 nitrogen and oxygen atoms in total. The second-order valence-electron chi connectivity index (χ2n) is 16.0. The molecular formula is C43H44F3N11O4. The lowest BCUT2D eigenvalue weighted by Crippen LogP contribution is -2.49. The number of nitrogens with one attached hydrogen (secondary N) is 2. The molecule has 2 aromatic carbocycles. The van der Waals surface area contributed by atoms with E-state index in [-0.39, 0.29) is 30.8 Å². The van der Waals surface area contributed by atoms with Crippen LogP contribution in [0.4, 0.5) is 29.6 Å². The topological polar surface area (TPSA) is 166 Å². The first kappa shape index (κ1) is 39.9. The van der Waals surface area contributed by atoms with Gasteiger partial charge in [0, 0.05) is 81.4 Å². The Labute approximate surface area is 348 Å². The van der Waals surface area contributed by atoms with E-state index >= 15 is 0 Å². The van der Waals surface area contributed by atoms with Crippen LogP contribution in [-0.4, -0.2) is 103 Å². The second-order valence-corrected chi connectivity index (χ2v) is 16.0. The molecule has 0 radical (unpaired) electrons. The van der Waals surface area contributed by atoms with Gasteiger partial charge in [0.2, 0.25) is 17.7 Å². The Kier molecular flexibility index (Phi) is 11.0. The molecule has 0 unspecified atom stereocenters. The Morgan fingerprint density at radius 2 is 1.67 bits per heavy atom. The summed E-state index contributed by atoms with van der Waals surface area (Å²) in [5.41, 5.74) is 4.63. The number of hydrogen-bond acceptors (Lipinski definition) is 10. The lowest BCUT2D eigenvalue weighted by molar-refractivity contribution is -0.120. The van der Waals surface area contributed by atoms with Gasteiger partial charge in [0.05, 0.1) is 34.5 Å². The first-order valence-corrected chi connectivity index (χ1v) is 20.6. The van der Waals surface area contributed by atoms with Crippen LogP contribution in [0.15, 0.2) is 67.4 Å². The van der Waals surface area contributed by atoms with Crippen LogP contribution in [0, 0.1) is 23.4 Å². The molecule has 2 saturated heterocycles. The standard InChI is InChI=1S/C43H44F3N11O4/c44-33-19-32(38(45)39(46)40(33)59)41(60)47-20-26-3-8-31(9-4-26)56-25-29-7-6-28(18-34(29)52-56)30-21-48-42(49-22-30)54-16-14-53(15-17-54)12-1-2-27-5-10-35-36(23-50-57(35)24-27)55-13-11-37(58)51-43(55)61/h5-7,10,18-19,21-26,31,59H,1-4,8-9,11-17,20H2,(H,47,60)(H,51,58,61)/t26-,31-. The van der Waals surface area contributed by atoms with Gasteiger partial charge in [-0.1, -0.05) is 18.2 Å². The minimum Gasteiger partial charge on any atom is -0.503 e. The number of piperazine rings is 1. The number of aromatic hydroxyl groups is 1. The molecule has 2 aliphatic heterocycles. The van der Waals surface area contributed by atoms with Crippen LogP contribution in [-0.2, 0) is 11.2 Å². The van der Waals surface area contributed by atoms with Gasteiger partial charge in [-0.05, 0) is 80.3 Å². The second kappa shape index (κ2) is 16.8. The van der Waals surface area contributed by atoms with E-state index in [9.17, 15) is 32.7 Å². The zero-order valence-corrected chi connectivity index (χ0v) is 33.2. The number of anilines is 2. The maximum Gasteiger partial charge on any atom is 0.328 e. The Morgan fingerprint density at radius 3 is 2.44 bits per heavy atom. The highest BCUT2D eigenvalue weighted by atomic mass is 19.2. The summed E-state index contributed by atoms with van der Waals surface area (Å²) in [6, 6.07) is 10.4. The van der Waals surface area contributed by atoms with Crippen LogP contribution in [0.25, 0.3) is 27.5 Å². The lowest BCUT2D eigenvalue weighted by atomic mass is 9.86. The number of aryl methyl sites for hydroxylation is 1. The van der Waals surface area contributed by atoms with Crippen LogP contribution in [0.1, 0.15) is 60.5 Å². The number of urea groups is 1. The third-order valence-electron chi connectivity index (χ3n) is 12.1. The molecule has 3 N–H and O–H groups in total. The summed E-state index contributed by atoms with van der Waals surface area (Å²) >= 11 is 0. The van der Waals surface area contributed by atoms with Gasteiger partial charge in [-0.3, -0.25) is 29.4 Å². The molecule has 0 bridgehead atoms. The number of aromatic nitrogens is 6. The largest absolute Gasteiger partial charge is 0.503 e. The van der Waals surface area contributed by atoms with Gasteiger partial charge in [0.15, 0.2) is 17.4 Å². The first-order chi connectivity index (χ1) is 29.6. The first-order valence-electron chi connectivity index (χ1n) is 20.6. The third kappa shape index (κ3) is 8.31. The molecule has 0 spiro atoms. The van der Waals surface area contributed by atoms with Gasteiger partial charge in [-0.25, -0.2) is 28.1 Å². The number of amides is 4. The van der Waals surface area contributed by atoms with Crippen LogP contribution in [0.3, 0.4) is 0 Å². The number of benzene rings is 2. The van der Waals surface area contributed by atoms with Gasteiger partial charge in [0.25, 0.3) is 5.91 Å². The Morgan fingerprint density at radius 1 is 0.885 bits per heavy atom. The van der Waals surface area contributed by atoms with E-state index in [0.717, 1.165) is 104 Å². The molecule has 316 valence electrons. The summed E-state index contributed by atoms with van der Waals surface area (Å²) in [6.07, 6.45) is 14.8. The molecule has 61 heavy (non-hydrogen) atoms.